The van der Waals surface area contributed by atoms with Gasteiger partial charge in [0.25, 0.3) is 5.91 Å². The summed E-state index contributed by atoms with van der Waals surface area (Å²) in [6.07, 6.45) is 4.45. The number of rotatable bonds is 7. The number of pyridine rings is 1. The maximum Gasteiger partial charge on any atom is 0.251 e. The number of thiophene rings is 1. The molecule has 3 aromatic heterocycles. The first kappa shape index (κ1) is 20.0. The molecule has 6 nitrogen and oxygen atoms in total. The fourth-order valence-corrected chi connectivity index (χ4v) is 4.15. The zero-order chi connectivity index (χ0) is 20.9. The number of aromatic nitrogens is 3. The van der Waals surface area contributed by atoms with Crippen LogP contribution in [0.3, 0.4) is 0 Å². The van der Waals surface area contributed by atoms with Gasteiger partial charge in [0, 0.05) is 35.9 Å². The lowest BCUT2D eigenvalue weighted by atomic mass is 10.1. The highest BCUT2D eigenvalue weighted by atomic mass is 32.1. The number of amides is 1. The second kappa shape index (κ2) is 9.00. The quantitative estimate of drug-likeness (QED) is 0.463. The van der Waals surface area contributed by atoms with Gasteiger partial charge in [-0.2, -0.15) is 0 Å². The summed E-state index contributed by atoms with van der Waals surface area (Å²) in [5.41, 5.74) is 2.68. The summed E-state index contributed by atoms with van der Waals surface area (Å²) >= 11 is 1.72. The second-order valence-corrected chi connectivity index (χ2v) is 8.11. The molecule has 1 aromatic carbocycles. The van der Waals surface area contributed by atoms with E-state index >= 15 is 0 Å². The van der Waals surface area contributed by atoms with Crippen molar-refractivity contribution in [3.63, 3.8) is 0 Å². The van der Waals surface area contributed by atoms with E-state index in [2.05, 4.69) is 38.6 Å². The van der Waals surface area contributed by atoms with Crippen LogP contribution in [-0.2, 0) is 19.5 Å². The van der Waals surface area contributed by atoms with Gasteiger partial charge < -0.3 is 10.6 Å². The van der Waals surface area contributed by atoms with Crippen molar-refractivity contribution in [1.29, 1.82) is 0 Å². The number of aryl methyl sites for hydroxylation is 2. The molecule has 0 aliphatic rings. The number of hydrogen-bond donors (Lipinski definition) is 2. The lowest BCUT2D eigenvalue weighted by Crippen LogP contribution is -2.22. The Labute approximate surface area is 179 Å². The van der Waals surface area contributed by atoms with Crippen molar-refractivity contribution >= 4 is 33.3 Å². The number of carbonyl (C=O) groups is 1. The Hall–Kier alpha value is -3.32. The van der Waals surface area contributed by atoms with Crippen molar-refractivity contribution in [2.45, 2.75) is 33.4 Å². The van der Waals surface area contributed by atoms with Crippen LogP contribution in [0.1, 0.15) is 39.1 Å². The lowest BCUT2D eigenvalue weighted by Gasteiger charge is -2.09. The number of nitrogens with one attached hydrogen (secondary N) is 2. The predicted octanol–water partition coefficient (Wildman–Crippen LogP) is 4.50. The van der Waals surface area contributed by atoms with E-state index in [0.717, 1.165) is 39.4 Å². The minimum atomic E-state index is -0.100. The number of anilines is 1. The van der Waals surface area contributed by atoms with Crippen LogP contribution in [0.2, 0.25) is 0 Å². The Balaban J connectivity index is 1.40. The van der Waals surface area contributed by atoms with Crippen molar-refractivity contribution < 1.29 is 4.79 Å². The molecule has 0 unspecified atom stereocenters. The smallest absolute Gasteiger partial charge is 0.251 e. The molecular formula is C23H23N5OS. The Morgan fingerprint density at radius 2 is 1.90 bits per heavy atom. The molecule has 0 spiro atoms. The molecule has 1 amide bonds. The van der Waals surface area contributed by atoms with E-state index in [1.54, 1.807) is 23.7 Å². The maximum atomic E-state index is 12.4. The van der Waals surface area contributed by atoms with Gasteiger partial charge in [-0.15, -0.1) is 11.3 Å². The minimum Gasteiger partial charge on any atom is -0.365 e. The predicted molar refractivity (Wildman–Crippen MR) is 121 cm³/mol. The molecular weight excluding hydrogens is 394 g/mol. The summed E-state index contributed by atoms with van der Waals surface area (Å²) in [7, 11) is 0. The van der Waals surface area contributed by atoms with E-state index in [0.29, 0.717) is 18.7 Å². The van der Waals surface area contributed by atoms with Crippen LogP contribution in [0.15, 0.2) is 54.9 Å². The number of fused-ring (bicyclic) bond motifs is 1. The van der Waals surface area contributed by atoms with Crippen molar-refractivity contribution in [2.24, 2.45) is 0 Å². The first-order valence-corrected chi connectivity index (χ1v) is 10.7. The van der Waals surface area contributed by atoms with Crippen LogP contribution in [0.25, 0.3) is 10.2 Å². The topological polar surface area (TPSA) is 79.8 Å². The molecule has 152 valence electrons. The minimum absolute atomic E-state index is 0.100. The van der Waals surface area contributed by atoms with Crippen molar-refractivity contribution in [1.82, 2.24) is 20.3 Å². The molecule has 0 aliphatic heterocycles. The normalized spacial score (nSPS) is 10.9. The van der Waals surface area contributed by atoms with Crippen LogP contribution in [0.5, 0.6) is 0 Å². The molecule has 0 saturated heterocycles. The molecule has 0 fully saturated rings. The second-order valence-electron chi connectivity index (χ2n) is 7.00. The van der Waals surface area contributed by atoms with Crippen LogP contribution >= 0.6 is 11.3 Å². The number of carbonyl (C=O) groups excluding carboxylic acids is 1. The third-order valence-electron chi connectivity index (χ3n) is 4.76. The Morgan fingerprint density at radius 1 is 1.07 bits per heavy atom. The van der Waals surface area contributed by atoms with Crippen LogP contribution in [-0.4, -0.2) is 20.9 Å². The molecule has 0 aliphatic carbocycles. The monoisotopic (exact) mass is 417 g/mol. The Kier molecular flexibility index (Phi) is 5.99. The first-order valence-electron chi connectivity index (χ1n) is 9.89. The largest absolute Gasteiger partial charge is 0.365 e. The molecule has 0 bridgehead atoms. The van der Waals surface area contributed by atoms with Crippen molar-refractivity contribution in [3.05, 3.63) is 82.3 Å². The lowest BCUT2D eigenvalue weighted by molar-refractivity contribution is 0.0951. The zero-order valence-corrected chi connectivity index (χ0v) is 17.8. The van der Waals surface area contributed by atoms with Crippen molar-refractivity contribution in [3.8, 4) is 0 Å². The summed E-state index contributed by atoms with van der Waals surface area (Å²) < 4.78 is 0. The molecule has 2 N–H and O–H groups in total. The van der Waals surface area contributed by atoms with E-state index in [-0.39, 0.29) is 5.91 Å². The average molecular weight is 418 g/mol. The van der Waals surface area contributed by atoms with Gasteiger partial charge in [-0.3, -0.25) is 9.78 Å². The third kappa shape index (κ3) is 4.63. The molecule has 7 heteroatoms. The highest BCUT2D eigenvalue weighted by Gasteiger charge is 2.10. The van der Waals surface area contributed by atoms with Gasteiger partial charge >= 0.3 is 0 Å². The van der Waals surface area contributed by atoms with Gasteiger partial charge in [-0.25, -0.2) is 9.97 Å². The van der Waals surface area contributed by atoms with Crippen molar-refractivity contribution in [2.75, 3.05) is 5.32 Å². The van der Waals surface area contributed by atoms with Crippen LogP contribution < -0.4 is 10.6 Å². The molecule has 4 aromatic rings. The van der Waals surface area contributed by atoms with Gasteiger partial charge in [0.1, 0.15) is 16.5 Å². The van der Waals surface area contributed by atoms with E-state index in [1.165, 1.54) is 4.88 Å². The highest BCUT2D eigenvalue weighted by molar-refractivity contribution is 7.18. The van der Waals surface area contributed by atoms with Gasteiger partial charge in [-0.05, 0) is 48.7 Å². The molecule has 0 atom stereocenters. The van der Waals surface area contributed by atoms with Crippen LogP contribution in [0.4, 0.5) is 5.82 Å². The molecule has 0 saturated carbocycles. The van der Waals surface area contributed by atoms with E-state index < -0.39 is 0 Å². The fourth-order valence-electron chi connectivity index (χ4n) is 3.13. The van der Waals surface area contributed by atoms with Gasteiger partial charge in [0.15, 0.2) is 0 Å². The van der Waals surface area contributed by atoms with E-state index in [9.17, 15) is 4.79 Å². The Morgan fingerprint density at radius 3 is 2.63 bits per heavy atom. The molecule has 4 rings (SSSR count). The SMILES string of the molecule is CCc1cc2c(NCc3ccc(C(=O)NCc4cccnc4)cc3)nc(C)nc2s1. The number of benzene rings is 1. The van der Waals surface area contributed by atoms with Gasteiger partial charge in [0.05, 0.1) is 5.39 Å². The fraction of sp³-hybridized carbons (Fsp3) is 0.217. The Bertz CT molecular complexity index is 1160. The van der Waals surface area contributed by atoms with Gasteiger partial charge in [0.2, 0.25) is 0 Å². The standard InChI is InChI=1S/C23H23N5OS/c1-3-19-11-20-21(27-15(2)28-23(20)30-19)25-13-16-6-8-18(9-7-16)22(29)26-14-17-5-4-10-24-12-17/h4-12H,3,13-14H2,1-2H3,(H,26,29)(H,25,27,28). The number of nitrogens with zero attached hydrogens (tertiary/aromatic N) is 3. The van der Waals surface area contributed by atoms with E-state index in [4.69, 9.17) is 0 Å². The number of hydrogen-bond acceptors (Lipinski definition) is 6. The third-order valence-corrected chi connectivity index (χ3v) is 5.93. The van der Waals surface area contributed by atoms with E-state index in [1.807, 2.05) is 43.3 Å². The molecule has 30 heavy (non-hydrogen) atoms. The van der Waals surface area contributed by atoms with Gasteiger partial charge in [-0.1, -0.05) is 25.1 Å². The first-order chi connectivity index (χ1) is 14.6. The molecule has 3 heterocycles. The van der Waals surface area contributed by atoms with Crippen LogP contribution in [0, 0.1) is 6.92 Å². The summed E-state index contributed by atoms with van der Waals surface area (Å²) in [5.74, 6) is 1.51. The molecule has 0 radical (unpaired) electrons. The summed E-state index contributed by atoms with van der Waals surface area (Å²) in [6, 6.07) is 13.6. The summed E-state index contributed by atoms with van der Waals surface area (Å²) in [4.78, 5) is 27.9. The maximum absolute atomic E-state index is 12.4. The average Bonchev–Trinajstić information content (AvgIpc) is 3.20. The summed E-state index contributed by atoms with van der Waals surface area (Å²) in [6.45, 7) is 5.14. The summed E-state index contributed by atoms with van der Waals surface area (Å²) in [5, 5.41) is 7.41. The zero-order valence-electron chi connectivity index (χ0n) is 17.0. The highest BCUT2D eigenvalue weighted by Crippen LogP contribution is 2.29.